The van der Waals surface area contributed by atoms with Gasteiger partial charge < -0.3 is 15.8 Å². The third-order valence-electron chi connectivity index (χ3n) is 4.76. The molecular formula is C15H17F2N5O. The van der Waals surface area contributed by atoms with Crippen molar-refractivity contribution in [3.05, 3.63) is 24.0 Å². The molecule has 122 valence electrons. The summed E-state index contributed by atoms with van der Waals surface area (Å²) in [4.78, 5) is 3.94. The van der Waals surface area contributed by atoms with E-state index in [9.17, 15) is 8.78 Å². The van der Waals surface area contributed by atoms with E-state index in [1.54, 1.807) is 0 Å². The number of alkyl halides is 2. The van der Waals surface area contributed by atoms with E-state index in [0.717, 1.165) is 32.5 Å². The topological polar surface area (TPSA) is 78.0 Å². The van der Waals surface area contributed by atoms with Gasteiger partial charge in [0.05, 0.1) is 5.69 Å². The van der Waals surface area contributed by atoms with E-state index in [0.29, 0.717) is 11.3 Å². The molecule has 1 unspecified atom stereocenters. The maximum atomic E-state index is 12.4. The predicted octanol–water partition coefficient (Wildman–Crippen LogP) is 1.76. The van der Waals surface area contributed by atoms with Crippen molar-refractivity contribution in [2.45, 2.75) is 31.4 Å². The minimum absolute atomic E-state index is 0.0581. The fourth-order valence-corrected chi connectivity index (χ4v) is 3.56. The van der Waals surface area contributed by atoms with Crippen molar-refractivity contribution in [1.82, 2.24) is 20.1 Å². The molecule has 23 heavy (non-hydrogen) atoms. The Morgan fingerprint density at radius 1 is 1.35 bits per heavy atom. The van der Waals surface area contributed by atoms with Gasteiger partial charge in [-0.2, -0.15) is 13.9 Å². The third-order valence-corrected chi connectivity index (χ3v) is 4.76. The first-order valence-corrected chi connectivity index (χ1v) is 7.57. The van der Waals surface area contributed by atoms with Crippen molar-refractivity contribution < 1.29 is 13.5 Å². The van der Waals surface area contributed by atoms with Gasteiger partial charge in [0.1, 0.15) is 0 Å². The van der Waals surface area contributed by atoms with Crippen molar-refractivity contribution in [3.63, 3.8) is 0 Å². The molecule has 4 rings (SSSR count). The number of hydrogen-bond donors (Lipinski definition) is 2. The number of fused-ring (bicyclic) bond motifs is 2. The molecule has 0 aliphatic carbocycles. The molecule has 1 spiro atoms. The van der Waals surface area contributed by atoms with E-state index in [1.165, 1.54) is 18.0 Å². The maximum Gasteiger partial charge on any atom is 0.387 e. The van der Waals surface area contributed by atoms with Gasteiger partial charge in [0.25, 0.3) is 0 Å². The molecule has 0 saturated carbocycles. The van der Waals surface area contributed by atoms with E-state index in [1.807, 2.05) is 10.7 Å². The van der Waals surface area contributed by atoms with Gasteiger partial charge >= 0.3 is 6.61 Å². The first-order valence-electron chi connectivity index (χ1n) is 7.57. The van der Waals surface area contributed by atoms with Gasteiger partial charge in [0.2, 0.25) is 0 Å². The number of pyridine rings is 1. The highest BCUT2D eigenvalue weighted by Gasteiger charge is 2.42. The number of anilines is 1. The van der Waals surface area contributed by atoms with Gasteiger partial charge in [0, 0.05) is 36.0 Å². The second-order valence-corrected chi connectivity index (χ2v) is 6.08. The molecule has 8 heteroatoms. The minimum atomic E-state index is -2.94. The first-order chi connectivity index (χ1) is 11.1. The molecule has 1 fully saturated rings. The molecule has 0 bridgehead atoms. The van der Waals surface area contributed by atoms with Crippen LogP contribution in [0.1, 0.15) is 18.5 Å². The van der Waals surface area contributed by atoms with Crippen molar-refractivity contribution in [2.75, 3.05) is 18.8 Å². The van der Waals surface area contributed by atoms with Crippen molar-refractivity contribution >= 4 is 5.82 Å². The van der Waals surface area contributed by atoms with Gasteiger partial charge in [-0.1, -0.05) is 0 Å². The summed E-state index contributed by atoms with van der Waals surface area (Å²) in [5.41, 5.74) is 8.26. The molecule has 4 heterocycles. The van der Waals surface area contributed by atoms with Crippen LogP contribution in [0.15, 0.2) is 18.3 Å². The summed E-state index contributed by atoms with van der Waals surface area (Å²) in [6.45, 7) is -0.0947. The second-order valence-electron chi connectivity index (χ2n) is 6.08. The number of nitrogens with two attached hydrogens (primary N) is 1. The lowest BCUT2D eigenvalue weighted by Crippen LogP contribution is -2.25. The highest BCUT2D eigenvalue weighted by molar-refractivity contribution is 5.64. The zero-order chi connectivity index (χ0) is 16.0. The quantitative estimate of drug-likeness (QED) is 0.901. The van der Waals surface area contributed by atoms with Gasteiger partial charge in [-0.3, -0.25) is 4.68 Å². The lowest BCUT2D eigenvalue weighted by atomic mass is 9.82. The lowest BCUT2D eigenvalue weighted by Gasteiger charge is -2.20. The van der Waals surface area contributed by atoms with Crippen LogP contribution in [0.2, 0.25) is 0 Å². The zero-order valence-corrected chi connectivity index (χ0v) is 12.4. The summed E-state index contributed by atoms with van der Waals surface area (Å²) in [7, 11) is 0. The summed E-state index contributed by atoms with van der Waals surface area (Å²) in [5, 5.41) is 8.00. The number of halogens is 2. The smallest absolute Gasteiger partial charge is 0.387 e. The molecule has 2 aliphatic rings. The number of nitrogens with zero attached hydrogens (tertiary/aromatic N) is 3. The fourth-order valence-electron chi connectivity index (χ4n) is 3.56. The largest absolute Gasteiger partial charge is 0.431 e. The summed E-state index contributed by atoms with van der Waals surface area (Å²) in [5.74, 6) is -0.180. The molecule has 3 N–H and O–H groups in total. The third kappa shape index (κ3) is 2.33. The average Bonchev–Trinajstić information content (AvgIpc) is 3.20. The van der Waals surface area contributed by atoms with Crippen LogP contribution in [0.5, 0.6) is 5.75 Å². The van der Waals surface area contributed by atoms with E-state index in [4.69, 9.17) is 5.73 Å². The Balaban J connectivity index is 1.70. The molecule has 0 aromatic carbocycles. The normalized spacial score (nSPS) is 22.9. The molecule has 0 radical (unpaired) electrons. The van der Waals surface area contributed by atoms with E-state index in [2.05, 4.69) is 20.1 Å². The Morgan fingerprint density at radius 3 is 2.96 bits per heavy atom. The average molecular weight is 321 g/mol. The first kappa shape index (κ1) is 14.4. The van der Waals surface area contributed by atoms with E-state index < -0.39 is 6.61 Å². The maximum absolute atomic E-state index is 12.4. The molecule has 1 atom stereocenters. The van der Waals surface area contributed by atoms with E-state index >= 15 is 0 Å². The predicted molar refractivity (Wildman–Crippen MR) is 80.3 cm³/mol. The monoisotopic (exact) mass is 321 g/mol. The van der Waals surface area contributed by atoms with Gasteiger partial charge in [-0.05, 0) is 31.5 Å². The molecule has 2 aliphatic heterocycles. The highest BCUT2D eigenvalue weighted by atomic mass is 19.3. The Kier molecular flexibility index (Phi) is 3.22. The van der Waals surface area contributed by atoms with Crippen molar-refractivity contribution in [2.24, 2.45) is 0 Å². The summed E-state index contributed by atoms with van der Waals surface area (Å²) >= 11 is 0. The minimum Gasteiger partial charge on any atom is -0.431 e. The second kappa shape index (κ2) is 5.16. The van der Waals surface area contributed by atoms with Crippen molar-refractivity contribution in [1.29, 1.82) is 0 Å². The number of aryl methyl sites for hydroxylation is 1. The number of nitrogen functional groups attached to an aromatic ring is 1. The van der Waals surface area contributed by atoms with Gasteiger partial charge in [-0.15, -0.1) is 0 Å². The van der Waals surface area contributed by atoms with Gasteiger partial charge in [-0.25, -0.2) is 4.98 Å². The molecule has 2 aromatic rings. The number of hydrogen-bond acceptors (Lipinski definition) is 5. The van der Waals surface area contributed by atoms with Crippen LogP contribution in [0.4, 0.5) is 14.6 Å². The van der Waals surface area contributed by atoms with Crippen molar-refractivity contribution in [3.8, 4) is 17.0 Å². The summed E-state index contributed by atoms with van der Waals surface area (Å²) < 4.78 is 31.3. The summed E-state index contributed by atoms with van der Waals surface area (Å²) in [6, 6.07) is 3.49. The molecule has 6 nitrogen and oxygen atoms in total. The van der Waals surface area contributed by atoms with Crippen LogP contribution in [-0.2, 0) is 12.0 Å². The van der Waals surface area contributed by atoms with Crippen LogP contribution in [0, 0.1) is 0 Å². The fraction of sp³-hybridized carbons (Fsp3) is 0.467. The van der Waals surface area contributed by atoms with Gasteiger partial charge in [0.15, 0.2) is 11.6 Å². The number of nitrogens with one attached hydrogen (secondary N) is 1. The Morgan fingerprint density at radius 2 is 2.22 bits per heavy atom. The van der Waals surface area contributed by atoms with Crippen LogP contribution in [0.3, 0.4) is 0 Å². The SMILES string of the molecule is Nc1ncc(-c2cc3n(n2)CCC32CCNC2)cc1OC(F)F. The lowest BCUT2D eigenvalue weighted by molar-refractivity contribution is -0.0494. The van der Waals surface area contributed by atoms with Crippen LogP contribution < -0.4 is 15.8 Å². The number of ether oxygens (including phenoxy) is 1. The summed E-state index contributed by atoms with van der Waals surface area (Å²) in [6.07, 6.45) is 3.71. The van der Waals surface area contributed by atoms with Crippen LogP contribution >= 0.6 is 0 Å². The number of aromatic nitrogens is 3. The number of rotatable bonds is 3. The molecule has 1 saturated heterocycles. The van der Waals surface area contributed by atoms with E-state index in [-0.39, 0.29) is 17.0 Å². The molecule has 0 amide bonds. The van der Waals surface area contributed by atoms with Crippen LogP contribution in [0.25, 0.3) is 11.3 Å². The molecular weight excluding hydrogens is 304 g/mol. The highest BCUT2D eigenvalue weighted by Crippen LogP contribution is 2.41. The Labute approximate surface area is 131 Å². The Bertz CT molecular complexity index is 739. The standard InChI is InChI=1S/C15H17F2N5O/c16-14(17)23-11-5-9(7-20-13(11)18)10-6-12-15(1-3-19-8-15)2-4-22(12)21-10/h5-7,14,19H,1-4,8H2,(H2,18,20). The van der Waals surface area contributed by atoms with Crippen LogP contribution in [-0.4, -0.2) is 34.5 Å². The molecule has 2 aromatic heterocycles. The zero-order valence-electron chi connectivity index (χ0n) is 12.4. The Hall–Kier alpha value is -2.22.